The summed E-state index contributed by atoms with van der Waals surface area (Å²) in [5.74, 6) is -0.340. The van der Waals surface area contributed by atoms with Crippen molar-refractivity contribution in [3.05, 3.63) is 59.4 Å². The normalized spacial score (nSPS) is 13.2. The van der Waals surface area contributed by atoms with Gasteiger partial charge >= 0.3 is 0 Å². The van der Waals surface area contributed by atoms with E-state index in [1.165, 1.54) is 25.1 Å². The molecule has 0 saturated carbocycles. The Hall–Kier alpha value is -3.09. The molecule has 2 N–H and O–H groups in total. The average molecular weight is 344 g/mol. The van der Waals surface area contributed by atoms with E-state index in [9.17, 15) is 14.0 Å². The number of rotatable bonds is 5. The highest BCUT2D eigenvalue weighted by atomic mass is 19.1. The fourth-order valence-corrected chi connectivity index (χ4v) is 2.38. The summed E-state index contributed by atoms with van der Waals surface area (Å²) >= 11 is 0. The first-order valence-corrected chi connectivity index (χ1v) is 7.76. The van der Waals surface area contributed by atoms with Gasteiger partial charge in [-0.1, -0.05) is 18.2 Å². The van der Waals surface area contributed by atoms with E-state index in [2.05, 4.69) is 10.6 Å². The van der Waals surface area contributed by atoms with Gasteiger partial charge in [-0.25, -0.2) is 4.39 Å². The van der Waals surface area contributed by atoms with Crippen LogP contribution in [0.3, 0.4) is 0 Å². The number of carbonyl (C=O) groups is 2. The average Bonchev–Trinajstić information content (AvgIpc) is 3.07. The van der Waals surface area contributed by atoms with Crippen molar-refractivity contribution in [1.82, 2.24) is 10.6 Å². The fourth-order valence-electron chi connectivity index (χ4n) is 2.38. The van der Waals surface area contributed by atoms with Crippen LogP contribution in [-0.2, 0) is 11.3 Å². The summed E-state index contributed by atoms with van der Waals surface area (Å²) in [6.07, 6.45) is 0. The van der Waals surface area contributed by atoms with Crippen LogP contribution < -0.4 is 20.1 Å². The largest absolute Gasteiger partial charge is 0.454 e. The summed E-state index contributed by atoms with van der Waals surface area (Å²) in [6, 6.07) is 10.2. The number of benzene rings is 2. The zero-order valence-electron chi connectivity index (χ0n) is 13.5. The van der Waals surface area contributed by atoms with Crippen molar-refractivity contribution in [3.8, 4) is 11.5 Å². The van der Waals surface area contributed by atoms with Gasteiger partial charge in [-0.15, -0.1) is 0 Å². The third kappa shape index (κ3) is 3.88. The maximum absolute atomic E-state index is 13.6. The van der Waals surface area contributed by atoms with E-state index in [4.69, 9.17) is 9.47 Å². The number of nitrogens with one attached hydrogen (secondary N) is 2. The van der Waals surface area contributed by atoms with E-state index in [0.29, 0.717) is 11.5 Å². The van der Waals surface area contributed by atoms with Crippen LogP contribution in [0.1, 0.15) is 22.8 Å². The van der Waals surface area contributed by atoms with Gasteiger partial charge < -0.3 is 20.1 Å². The van der Waals surface area contributed by atoms with Crippen LogP contribution in [0, 0.1) is 5.82 Å². The highest BCUT2D eigenvalue weighted by molar-refractivity contribution is 5.97. The molecule has 2 amide bonds. The third-order valence-corrected chi connectivity index (χ3v) is 3.76. The van der Waals surface area contributed by atoms with Gasteiger partial charge in [-0.2, -0.15) is 0 Å². The molecular formula is C18H17FN2O4. The van der Waals surface area contributed by atoms with Gasteiger partial charge in [-0.05, 0) is 36.8 Å². The quantitative estimate of drug-likeness (QED) is 0.870. The first kappa shape index (κ1) is 16.8. The van der Waals surface area contributed by atoms with Gasteiger partial charge in [0, 0.05) is 6.54 Å². The summed E-state index contributed by atoms with van der Waals surface area (Å²) in [5, 5.41) is 5.20. The number of fused-ring (bicyclic) bond motifs is 1. The molecule has 2 aromatic rings. The number of carbonyl (C=O) groups excluding carboxylic acids is 2. The number of amides is 2. The van der Waals surface area contributed by atoms with Crippen molar-refractivity contribution in [3.63, 3.8) is 0 Å². The zero-order valence-corrected chi connectivity index (χ0v) is 13.5. The fraction of sp³-hybridized carbons (Fsp3) is 0.222. The lowest BCUT2D eigenvalue weighted by molar-refractivity contribution is -0.122. The van der Waals surface area contributed by atoms with E-state index in [1.54, 1.807) is 18.2 Å². The Kier molecular flexibility index (Phi) is 4.83. The van der Waals surface area contributed by atoms with E-state index in [0.717, 1.165) is 5.56 Å². The number of ether oxygens (including phenoxy) is 2. The standard InChI is InChI=1S/C18H17FN2O4/c1-11(21-18(23)13-4-2-3-5-14(13)19)17(22)20-9-12-6-7-15-16(8-12)25-10-24-15/h2-8,11H,9-10H2,1H3,(H,20,22)(H,21,23)/t11-/m0/s1. The number of halogens is 1. The minimum absolute atomic E-state index is 0.0991. The lowest BCUT2D eigenvalue weighted by atomic mass is 10.1. The molecular weight excluding hydrogens is 327 g/mol. The van der Waals surface area contributed by atoms with Crippen molar-refractivity contribution < 1.29 is 23.5 Å². The molecule has 0 saturated heterocycles. The second-order valence-corrected chi connectivity index (χ2v) is 5.58. The van der Waals surface area contributed by atoms with Crippen LogP contribution in [0.5, 0.6) is 11.5 Å². The molecule has 7 heteroatoms. The molecule has 1 heterocycles. The summed E-state index contributed by atoms with van der Waals surface area (Å²) in [4.78, 5) is 24.1. The maximum Gasteiger partial charge on any atom is 0.254 e. The molecule has 3 rings (SSSR count). The van der Waals surface area contributed by atoms with Crippen molar-refractivity contribution in [2.75, 3.05) is 6.79 Å². The van der Waals surface area contributed by atoms with E-state index < -0.39 is 17.8 Å². The molecule has 0 spiro atoms. The summed E-state index contributed by atoms with van der Waals surface area (Å²) in [7, 11) is 0. The SMILES string of the molecule is C[C@H](NC(=O)c1ccccc1F)C(=O)NCc1ccc2c(c1)OCO2. The highest BCUT2D eigenvalue weighted by Gasteiger charge is 2.19. The van der Waals surface area contributed by atoms with Gasteiger partial charge in [0.2, 0.25) is 12.7 Å². The predicted octanol–water partition coefficient (Wildman–Crippen LogP) is 1.99. The highest BCUT2D eigenvalue weighted by Crippen LogP contribution is 2.32. The molecule has 0 bridgehead atoms. The van der Waals surface area contributed by atoms with Crippen LogP contribution in [0.2, 0.25) is 0 Å². The van der Waals surface area contributed by atoms with Crippen molar-refractivity contribution in [2.24, 2.45) is 0 Å². The number of hydrogen-bond acceptors (Lipinski definition) is 4. The minimum atomic E-state index is -0.805. The van der Waals surface area contributed by atoms with Crippen molar-refractivity contribution in [2.45, 2.75) is 19.5 Å². The van der Waals surface area contributed by atoms with Crippen LogP contribution in [0.25, 0.3) is 0 Å². The monoisotopic (exact) mass is 344 g/mol. The molecule has 0 fully saturated rings. The second-order valence-electron chi connectivity index (χ2n) is 5.58. The third-order valence-electron chi connectivity index (χ3n) is 3.76. The van der Waals surface area contributed by atoms with E-state index >= 15 is 0 Å². The Balaban J connectivity index is 1.54. The smallest absolute Gasteiger partial charge is 0.254 e. The molecule has 0 radical (unpaired) electrons. The van der Waals surface area contributed by atoms with Gasteiger partial charge in [0.15, 0.2) is 11.5 Å². The van der Waals surface area contributed by atoms with Crippen molar-refractivity contribution >= 4 is 11.8 Å². The van der Waals surface area contributed by atoms with E-state index in [-0.39, 0.29) is 24.8 Å². The van der Waals surface area contributed by atoms with Crippen LogP contribution in [-0.4, -0.2) is 24.6 Å². The Bertz CT molecular complexity index is 809. The molecule has 0 aromatic heterocycles. The van der Waals surface area contributed by atoms with Crippen LogP contribution in [0.15, 0.2) is 42.5 Å². The Morgan fingerprint density at radius 1 is 1.16 bits per heavy atom. The van der Waals surface area contributed by atoms with Gasteiger partial charge in [0.05, 0.1) is 5.56 Å². The summed E-state index contributed by atoms with van der Waals surface area (Å²) in [6.45, 7) is 1.99. The van der Waals surface area contributed by atoms with E-state index in [1.807, 2.05) is 6.07 Å². The molecule has 1 atom stereocenters. The first-order chi connectivity index (χ1) is 12.0. The van der Waals surface area contributed by atoms with Gasteiger partial charge in [0.25, 0.3) is 5.91 Å². The van der Waals surface area contributed by atoms with Gasteiger partial charge in [0.1, 0.15) is 11.9 Å². The lowest BCUT2D eigenvalue weighted by Crippen LogP contribution is -2.44. The first-order valence-electron chi connectivity index (χ1n) is 7.76. The molecule has 130 valence electrons. The Labute approximate surface area is 143 Å². The predicted molar refractivity (Wildman–Crippen MR) is 87.7 cm³/mol. The maximum atomic E-state index is 13.6. The summed E-state index contributed by atoms with van der Waals surface area (Å²) in [5.41, 5.74) is 0.739. The summed E-state index contributed by atoms with van der Waals surface area (Å²) < 4.78 is 24.1. The Morgan fingerprint density at radius 3 is 2.72 bits per heavy atom. The molecule has 2 aromatic carbocycles. The van der Waals surface area contributed by atoms with Crippen LogP contribution >= 0.6 is 0 Å². The molecule has 25 heavy (non-hydrogen) atoms. The minimum Gasteiger partial charge on any atom is -0.454 e. The second kappa shape index (κ2) is 7.21. The molecule has 0 aliphatic carbocycles. The molecule has 0 unspecified atom stereocenters. The topological polar surface area (TPSA) is 76.7 Å². The zero-order chi connectivity index (χ0) is 17.8. The molecule has 6 nitrogen and oxygen atoms in total. The number of hydrogen-bond donors (Lipinski definition) is 2. The van der Waals surface area contributed by atoms with Crippen LogP contribution in [0.4, 0.5) is 4.39 Å². The van der Waals surface area contributed by atoms with Gasteiger partial charge in [-0.3, -0.25) is 9.59 Å². The molecule has 1 aliphatic heterocycles. The Morgan fingerprint density at radius 2 is 1.92 bits per heavy atom. The lowest BCUT2D eigenvalue weighted by Gasteiger charge is -2.14. The molecule has 1 aliphatic rings. The van der Waals surface area contributed by atoms with Crippen molar-refractivity contribution in [1.29, 1.82) is 0 Å².